The number of nitrogen functional groups attached to an aromatic ring is 1. The average molecular weight is 454 g/mol. The van der Waals surface area contributed by atoms with Crippen LogP contribution in [0.15, 0.2) is 34.2 Å². The van der Waals surface area contributed by atoms with Gasteiger partial charge in [-0.1, -0.05) is 50.6 Å². The largest absolute Gasteiger partial charge is 0.368 e. The molecule has 1 fully saturated rings. The topological polar surface area (TPSA) is 103 Å². The average Bonchev–Trinajstić information content (AvgIpc) is 2.76. The van der Waals surface area contributed by atoms with Gasteiger partial charge in [-0.2, -0.15) is 15.0 Å². The Morgan fingerprint density at radius 3 is 2.62 bits per heavy atom. The number of anilines is 2. The second-order valence-corrected chi connectivity index (χ2v) is 10.2. The summed E-state index contributed by atoms with van der Waals surface area (Å²) in [7, 11) is 3.73. The van der Waals surface area contributed by atoms with Crippen LogP contribution < -0.4 is 16.2 Å². The van der Waals surface area contributed by atoms with E-state index in [9.17, 15) is 4.79 Å². The van der Waals surface area contributed by atoms with Crippen molar-refractivity contribution >= 4 is 34.6 Å². The fraction of sp³-hybridized carbons (Fsp3) is 0.522. The zero-order valence-corrected chi connectivity index (χ0v) is 20.1. The third kappa shape index (κ3) is 4.30. The monoisotopic (exact) mass is 453 g/mol. The van der Waals surface area contributed by atoms with Crippen molar-refractivity contribution in [2.45, 2.75) is 56.5 Å². The summed E-state index contributed by atoms with van der Waals surface area (Å²) < 4.78 is 1.93. The highest BCUT2D eigenvalue weighted by Crippen LogP contribution is 2.41. The number of nitrogens with zero attached hydrogens (tertiary/aromatic N) is 6. The minimum atomic E-state index is -0.158. The molecule has 0 saturated heterocycles. The Morgan fingerprint density at radius 1 is 1.12 bits per heavy atom. The van der Waals surface area contributed by atoms with Crippen LogP contribution in [0.1, 0.15) is 57.1 Å². The molecule has 1 aliphatic rings. The van der Waals surface area contributed by atoms with Gasteiger partial charge in [0.15, 0.2) is 5.16 Å². The van der Waals surface area contributed by atoms with E-state index in [4.69, 9.17) is 10.7 Å². The highest BCUT2D eigenvalue weighted by Gasteiger charge is 2.32. The molecule has 3 aromatic rings. The SMILES string of the molecule is C[C@H]1[C@H](n2c(S[C@@H](C)c3nc(N)nc(N(C)C)n3)nc3ccccc3c2=O)CCC[C@@H]1C. The van der Waals surface area contributed by atoms with Crippen LogP contribution in [0.5, 0.6) is 0 Å². The van der Waals surface area contributed by atoms with Gasteiger partial charge in [-0.25, -0.2) is 4.98 Å². The zero-order valence-electron chi connectivity index (χ0n) is 19.3. The van der Waals surface area contributed by atoms with Crippen molar-refractivity contribution in [1.82, 2.24) is 24.5 Å². The number of nitrogens with two attached hydrogens (primary N) is 1. The molecule has 32 heavy (non-hydrogen) atoms. The maximum atomic E-state index is 13.7. The summed E-state index contributed by atoms with van der Waals surface area (Å²) in [6.45, 7) is 6.55. The Hall–Kier alpha value is -2.68. The van der Waals surface area contributed by atoms with Crippen LogP contribution >= 0.6 is 11.8 Å². The number of fused-ring (bicyclic) bond motifs is 1. The summed E-state index contributed by atoms with van der Waals surface area (Å²) >= 11 is 1.50. The maximum absolute atomic E-state index is 13.7. The van der Waals surface area contributed by atoms with Crippen LogP contribution in [0.25, 0.3) is 10.9 Å². The molecule has 0 radical (unpaired) electrons. The summed E-state index contributed by atoms with van der Waals surface area (Å²) in [6.07, 6.45) is 3.30. The van der Waals surface area contributed by atoms with E-state index in [0.717, 1.165) is 12.8 Å². The Balaban J connectivity index is 1.80. The Kier molecular flexibility index (Phi) is 6.37. The van der Waals surface area contributed by atoms with E-state index in [1.54, 1.807) is 4.90 Å². The molecule has 0 aliphatic heterocycles. The van der Waals surface area contributed by atoms with Gasteiger partial charge in [-0.15, -0.1) is 0 Å². The Labute approximate surface area is 192 Å². The minimum Gasteiger partial charge on any atom is -0.368 e. The molecule has 170 valence electrons. The van der Waals surface area contributed by atoms with E-state index < -0.39 is 0 Å². The molecule has 4 atom stereocenters. The molecule has 0 unspecified atom stereocenters. The summed E-state index contributed by atoms with van der Waals surface area (Å²) in [5.74, 6) is 2.23. The number of hydrogen-bond donors (Lipinski definition) is 1. The summed E-state index contributed by atoms with van der Waals surface area (Å²) in [5, 5.41) is 1.21. The first-order chi connectivity index (χ1) is 15.3. The smallest absolute Gasteiger partial charge is 0.262 e. The summed E-state index contributed by atoms with van der Waals surface area (Å²) in [4.78, 5) is 33.5. The summed E-state index contributed by atoms with van der Waals surface area (Å²) in [6, 6.07) is 7.70. The van der Waals surface area contributed by atoms with Gasteiger partial charge in [0.2, 0.25) is 11.9 Å². The van der Waals surface area contributed by atoms with E-state index in [1.807, 2.05) is 49.9 Å². The molecule has 2 aromatic heterocycles. The second kappa shape index (κ2) is 9.05. The van der Waals surface area contributed by atoms with Crippen molar-refractivity contribution in [2.75, 3.05) is 24.7 Å². The normalized spacial score (nSPS) is 22.1. The van der Waals surface area contributed by atoms with Gasteiger partial charge >= 0.3 is 0 Å². The molecule has 2 N–H and O–H groups in total. The van der Waals surface area contributed by atoms with Gasteiger partial charge in [0.05, 0.1) is 16.2 Å². The molecule has 0 spiro atoms. The van der Waals surface area contributed by atoms with Gasteiger partial charge < -0.3 is 10.6 Å². The van der Waals surface area contributed by atoms with E-state index >= 15 is 0 Å². The first-order valence-electron chi connectivity index (χ1n) is 11.1. The van der Waals surface area contributed by atoms with Crippen molar-refractivity contribution in [2.24, 2.45) is 11.8 Å². The number of benzene rings is 1. The quantitative estimate of drug-likeness (QED) is 0.455. The second-order valence-electron chi connectivity index (χ2n) is 8.93. The van der Waals surface area contributed by atoms with Crippen LogP contribution in [-0.4, -0.2) is 38.6 Å². The van der Waals surface area contributed by atoms with Crippen LogP contribution in [0.2, 0.25) is 0 Å². The third-order valence-corrected chi connectivity index (χ3v) is 7.54. The maximum Gasteiger partial charge on any atom is 0.262 e. The van der Waals surface area contributed by atoms with Crippen LogP contribution in [-0.2, 0) is 0 Å². The minimum absolute atomic E-state index is 0.0281. The van der Waals surface area contributed by atoms with E-state index in [0.29, 0.717) is 39.7 Å². The number of rotatable bonds is 5. The number of hydrogen-bond acceptors (Lipinski definition) is 8. The fourth-order valence-corrected chi connectivity index (χ4v) is 5.42. The van der Waals surface area contributed by atoms with E-state index in [-0.39, 0.29) is 22.8 Å². The molecule has 1 saturated carbocycles. The molecule has 1 aromatic carbocycles. The van der Waals surface area contributed by atoms with Gasteiger partial charge in [0.1, 0.15) is 5.82 Å². The summed E-state index contributed by atoms with van der Waals surface area (Å²) in [5.41, 5.74) is 6.68. The predicted octanol–water partition coefficient (Wildman–Crippen LogP) is 4.08. The van der Waals surface area contributed by atoms with Crippen molar-refractivity contribution < 1.29 is 0 Å². The highest BCUT2D eigenvalue weighted by molar-refractivity contribution is 7.99. The molecular weight excluding hydrogens is 422 g/mol. The lowest BCUT2D eigenvalue weighted by atomic mass is 9.78. The molecule has 8 nitrogen and oxygen atoms in total. The van der Waals surface area contributed by atoms with Gasteiger partial charge in [-0.3, -0.25) is 9.36 Å². The molecule has 4 rings (SSSR count). The Bertz CT molecular complexity index is 1180. The molecule has 0 amide bonds. The molecule has 0 bridgehead atoms. The van der Waals surface area contributed by atoms with Crippen molar-refractivity contribution in [3.63, 3.8) is 0 Å². The fourth-order valence-electron chi connectivity index (χ4n) is 4.41. The first kappa shape index (κ1) is 22.5. The van der Waals surface area contributed by atoms with Gasteiger partial charge in [0, 0.05) is 20.1 Å². The van der Waals surface area contributed by atoms with Crippen LogP contribution in [0.3, 0.4) is 0 Å². The van der Waals surface area contributed by atoms with E-state index in [2.05, 4.69) is 28.8 Å². The molecule has 2 heterocycles. The first-order valence-corrected chi connectivity index (χ1v) is 12.0. The lowest BCUT2D eigenvalue weighted by molar-refractivity contribution is 0.173. The number of aromatic nitrogens is 5. The molecular formula is C23H31N7OS. The number of para-hydroxylation sites is 1. The van der Waals surface area contributed by atoms with Crippen molar-refractivity contribution in [3.05, 3.63) is 40.4 Å². The zero-order chi connectivity index (χ0) is 23.0. The Morgan fingerprint density at radius 2 is 1.88 bits per heavy atom. The standard InChI is InChI=1S/C23H31N7OS/c1-13-9-8-12-18(14(13)2)30-20(31)16-10-6-7-11-17(16)25-23(30)32-15(3)19-26-21(24)28-22(27-19)29(4)5/h6-7,10-11,13-15,18H,8-9,12H2,1-5H3,(H2,24,26,27,28)/t13-,14+,15-,18+/m0/s1. The van der Waals surface area contributed by atoms with Crippen LogP contribution in [0, 0.1) is 11.8 Å². The van der Waals surface area contributed by atoms with E-state index in [1.165, 1.54) is 18.2 Å². The van der Waals surface area contributed by atoms with Crippen molar-refractivity contribution in [1.29, 1.82) is 0 Å². The lowest BCUT2D eigenvalue weighted by Gasteiger charge is -2.36. The number of thioether (sulfide) groups is 1. The van der Waals surface area contributed by atoms with Gasteiger partial charge in [0.25, 0.3) is 5.56 Å². The highest BCUT2D eigenvalue weighted by atomic mass is 32.2. The van der Waals surface area contributed by atoms with Crippen LogP contribution in [0.4, 0.5) is 11.9 Å². The van der Waals surface area contributed by atoms with Crippen molar-refractivity contribution in [3.8, 4) is 0 Å². The predicted molar refractivity (Wildman–Crippen MR) is 130 cm³/mol. The lowest BCUT2D eigenvalue weighted by Crippen LogP contribution is -2.35. The third-order valence-electron chi connectivity index (χ3n) is 6.47. The molecule has 1 aliphatic carbocycles. The van der Waals surface area contributed by atoms with Gasteiger partial charge in [-0.05, 0) is 37.3 Å². The molecule has 9 heteroatoms.